The molecule has 0 radical (unpaired) electrons. The van der Waals surface area contributed by atoms with Crippen LogP contribution in [-0.2, 0) is 16.1 Å². The van der Waals surface area contributed by atoms with E-state index in [-0.39, 0.29) is 30.5 Å². The van der Waals surface area contributed by atoms with E-state index in [4.69, 9.17) is 4.74 Å². The number of rotatable bonds is 10. The van der Waals surface area contributed by atoms with Gasteiger partial charge in [0.05, 0.1) is 0 Å². The van der Waals surface area contributed by atoms with Gasteiger partial charge in [0.15, 0.2) is 6.61 Å². The molecule has 29 heavy (non-hydrogen) atoms. The molecule has 0 aliphatic heterocycles. The molecule has 0 saturated heterocycles. The number of aromatic nitrogens is 1. The minimum Gasteiger partial charge on any atom is -0.484 e. The smallest absolute Gasteiger partial charge is 0.258 e. The first-order valence-electron chi connectivity index (χ1n) is 9.34. The van der Waals surface area contributed by atoms with Crippen LogP contribution in [0.1, 0.15) is 23.2 Å². The van der Waals surface area contributed by atoms with Gasteiger partial charge in [0.25, 0.3) is 11.5 Å². The van der Waals surface area contributed by atoms with Crippen LogP contribution in [-0.4, -0.2) is 41.5 Å². The summed E-state index contributed by atoms with van der Waals surface area (Å²) < 4.78 is 5.43. The third kappa shape index (κ3) is 7.30. The number of hydrogen-bond acceptors (Lipinski definition) is 5. The van der Waals surface area contributed by atoms with Crippen LogP contribution in [0.15, 0.2) is 41.2 Å². The Balaban J connectivity index is 1.94. The lowest BCUT2D eigenvalue weighted by Crippen LogP contribution is -2.48. The van der Waals surface area contributed by atoms with E-state index in [1.54, 1.807) is 23.9 Å². The van der Waals surface area contributed by atoms with Crippen molar-refractivity contribution in [3.05, 3.63) is 63.6 Å². The molecule has 8 heteroatoms. The minimum absolute atomic E-state index is 0.104. The fourth-order valence-electron chi connectivity index (χ4n) is 2.81. The molecule has 0 aliphatic carbocycles. The standard InChI is InChI=1S/C21H27N3O4S/c1-14-11-15(2)23-20(26)17(14)12-22-21(27)18(9-10-29-3)24-19(25)13-28-16-7-5-4-6-8-16/h4-8,11,18H,9-10,12-13H2,1-3H3,(H,22,27)(H,23,26)(H,24,25)/t18-/m1/s1. The van der Waals surface area contributed by atoms with Crippen LogP contribution in [0.25, 0.3) is 0 Å². The number of carbonyl (C=O) groups is 2. The molecule has 1 heterocycles. The second-order valence-electron chi connectivity index (χ2n) is 6.66. The highest BCUT2D eigenvalue weighted by atomic mass is 32.2. The molecule has 1 aromatic carbocycles. The number of amides is 2. The van der Waals surface area contributed by atoms with E-state index in [9.17, 15) is 14.4 Å². The number of nitrogens with one attached hydrogen (secondary N) is 3. The van der Waals surface area contributed by atoms with Gasteiger partial charge in [0, 0.05) is 17.8 Å². The van der Waals surface area contributed by atoms with Gasteiger partial charge >= 0.3 is 0 Å². The zero-order chi connectivity index (χ0) is 21.2. The van der Waals surface area contributed by atoms with Crippen molar-refractivity contribution in [3.63, 3.8) is 0 Å². The van der Waals surface area contributed by atoms with Gasteiger partial charge in [-0.15, -0.1) is 0 Å². The molecular weight excluding hydrogens is 390 g/mol. The van der Waals surface area contributed by atoms with Crippen LogP contribution in [0, 0.1) is 13.8 Å². The largest absolute Gasteiger partial charge is 0.484 e. The Labute approximate surface area is 174 Å². The van der Waals surface area contributed by atoms with E-state index < -0.39 is 6.04 Å². The van der Waals surface area contributed by atoms with Crippen molar-refractivity contribution in [2.45, 2.75) is 32.9 Å². The number of thioether (sulfide) groups is 1. The molecule has 0 fully saturated rings. The number of hydrogen-bond donors (Lipinski definition) is 3. The maximum absolute atomic E-state index is 12.6. The summed E-state index contributed by atoms with van der Waals surface area (Å²) in [5.74, 6) is 0.593. The van der Waals surface area contributed by atoms with Crippen LogP contribution in [0.2, 0.25) is 0 Å². The van der Waals surface area contributed by atoms with Crippen molar-refractivity contribution in [2.75, 3.05) is 18.6 Å². The molecular formula is C21H27N3O4S. The number of para-hydroxylation sites is 1. The number of aromatic amines is 1. The van der Waals surface area contributed by atoms with E-state index in [0.717, 1.165) is 11.3 Å². The van der Waals surface area contributed by atoms with Crippen molar-refractivity contribution in [2.24, 2.45) is 0 Å². The Hall–Kier alpha value is -2.74. The van der Waals surface area contributed by atoms with Gasteiger partial charge in [-0.1, -0.05) is 18.2 Å². The van der Waals surface area contributed by atoms with E-state index in [1.165, 1.54) is 0 Å². The summed E-state index contributed by atoms with van der Waals surface area (Å²) in [6.07, 6.45) is 2.41. The van der Waals surface area contributed by atoms with Crippen LogP contribution in [0.4, 0.5) is 0 Å². The maximum Gasteiger partial charge on any atom is 0.258 e. The van der Waals surface area contributed by atoms with E-state index in [1.807, 2.05) is 44.4 Å². The summed E-state index contributed by atoms with van der Waals surface area (Å²) in [7, 11) is 0. The number of benzene rings is 1. The molecule has 7 nitrogen and oxygen atoms in total. The Morgan fingerprint density at radius 3 is 2.59 bits per heavy atom. The van der Waals surface area contributed by atoms with Gasteiger partial charge in [-0.25, -0.2) is 0 Å². The zero-order valence-corrected chi connectivity index (χ0v) is 17.7. The van der Waals surface area contributed by atoms with Crippen molar-refractivity contribution < 1.29 is 14.3 Å². The van der Waals surface area contributed by atoms with E-state index in [2.05, 4.69) is 15.6 Å². The average Bonchev–Trinajstić information content (AvgIpc) is 2.69. The molecule has 0 saturated carbocycles. The molecule has 0 unspecified atom stereocenters. The SMILES string of the molecule is CSCC[C@@H](NC(=O)COc1ccccc1)C(=O)NCc1c(C)cc(C)[nH]c1=O. The minimum atomic E-state index is -0.695. The second kappa shape index (κ2) is 11.3. The molecule has 2 aromatic rings. The number of carbonyl (C=O) groups excluding carboxylic acids is 2. The van der Waals surface area contributed by atoms with Crippen LogP contribution in [0.5, 0.6) is 5.75 Å². The molecule has 1 atom stereocenters. The first-order chi connectivity index (χ1) is 13.9. The summed E-state index contributed by atoms with van der Waals surface area (Å²) in [5, 5.41) is 5.49. The maximum atomic E-state index is 12.6. The van der Waals surface area contributed by atoms with Gasteiger partial charge in [0.2, 0.25) is 5.91 Å². The van der Waals surface area contributed by atoms with E-state index >= 15 is 0 Å². The highest BCUT2D eigenvalue weighted by Crippen LogP contribution is 2.08. The normalized spacial score (nSPS) is 11.6. The number of pyridine rings is 1. The lowest BCUT2D eigenvalue weighted by Gasteiger charge is -2.18. The Morgan fingerprint density at radius 2 is 1.93 bits per heavy atom. The Bertz CT molecular complexity index is 883. The summed E-state index contributed by atoms with van der Waals surface area (Å²) in [6, 6.07) is 10.2. The summed E-state index contributed by atoms with van der Waals surface area (Å²) in [4.78, 5) is 39.7. The number of ether oxygens (including phenoxy) is 1. The first kappa shape index (κ1) is 22.5. The van der Waals surface area contributed by atoms with Crippen molar-refractivity contribution >= 4 is 23.6 Å². The predicted molar refractivity (Wildman–Crippen MR) is 115 cm³/mol. The number of H-pyrrole nitrogens is 1. The van der Waals surface area contributed by atoms with Gasteiger partial charge in [0.1, 0.15) is 11.8 Å². The first-order valence-corrected chi connectivity index (χ1v) is 10.7. The van der Waals surface area contributed by atoms with E-state index in [0.29, 0.717) is 23.5 Å². The topological polar surface area (TPSA) is 100 Å². The molecule has 0 aliphatic rings. The fraction of sp³-hybridized carbons (Fsp3) is 0.381. The predicted octanol–water partition coefficient (Wildman–Crippen LogP) is 1.92. The van der Waals surface area contributed by atoms with Crippen molar-refractivity contribution in [1.82, 2.24) is 15.6 Å². The lowest BCUT2D eigenvalue weighted by atomic mass is 10.1. The zero-order valence-electron chi connectivity index (χ0n) is 16.9. The average molecular weight is 418 g/mol. The molecule has 0 spiro atoms. The van der Waals surface area contributed by atoms with Crippen molar-refractivity contribution in [3.8, 4) is 5.75 Å². The monoisotopic (exact) mass is 417 g/mol. The number of aryl methyl sites for hydroxylation is 2. The van der Waals surface area contributed by atoms with Crippen LogP contribution < -0.4 is 20.9 Å². The lowest BCUT2D eigenvalue weighted by molar-refractivity contribution is -0.130. The van der Waals surface area contributed by atoms with Crippen LogP contribution in [0.3, 0.4) is 0 Å². The van der Waals surface area contributed by atoms with Gasteiger partial charge in [-0.05, 0) is 56.0 Å². The highest BCUT2D eigenvalue weighted by Gasteiger charge is 2.21. The molecule has 2 amide bonds. The molecule has 156 valence electrons. The van der Waals surface area contributed by atoms with Crippen molar-refractivity contribution in [1.29, 1.82) is 0 Å². The Morgan fingerprint density at radius 1 is 1.21 bits per heavy atom. The molecule has 0 bridgehead atoms. The van der Waals surface area contributed by atoms with Gasteiger partial charge in [-0.3, -0.25) is 14.4 Å². The highest BCUT2D eigenvalue weighted by molar-refractivity contribution is 7.98. The molecule has 1 aromatic heterocycles. The summed E-state index contributed by atoms with van der Waals surface area (Å²) in [5.41, 5.74) is 1.87. The second-order valence-corrected chi connectivity index (χ2v) is 7.65. The van der Waals surface area contributed by atoms with Gasteiger partial charge in [-0.2, -0.15) is 11.8 Å². The quantitative estimate of drug-likeness (QED) is 0.548. The third-order valence-corrected chi connectivity index (χ3v) is 4.95. The van der Waals surface area contributed by atoms with Gasteiger partial charge < -0.3 is 20.4 Å². The molecule has 3 N–H and O–H groups in total. The summed E-state index contributed by atoms with van der Waals surface area (Å²) in [6.45, 7) is 3.57. The van der Waals surface area contributed by atoms with Crippen LogP contribution >= 0.6 is 11.8 Å². The third-order valence-electron chi connectivity index (χ3n) is 4.31. The summed E-state index contributed by atoms with van der Waals surface area (Å²) >= 11 is 1.59. The fourth-order valence-corrected chi connectivity index (χ4v) is 3.28. The molecule has 2 rings (SSSR count). The Kier molecular flexibility index (Phi) is 8.79.